The molecule has 2 rings (SSSR count). The average Bonchev–Trinajstić information content (AvgIpc) is 2.90. The standard InChI is InChI=1S/C17H24N2OS/c1-5-14-7-9-15(10-8-14)16(18-6-2)13(4)21-17-19-12(3)11-20-17/h7-11,13,16,18H,5-6H2,1-4H3. The third kappa shape index (κ3) is 4.35. The van der Waals surface area contributed by atoms with E-state index in [2.05, 4.69) is 55.3 Å². The lowest BCUT2D eigenvalue weighted by molar-refractivity contribution is 0.450. The van der Waals surface area contributed by atoms with Gasteiger partial charge in [0.15, 0.2) is 0 Å². The van der Waals surface area contributed by atoms with Crippen molar-refractivity contribution >= 4 is 11.8 Å². The van der Waals surface area contributed by atoms with Crippen LogP contribution in [0.25, 0.3) is 0 Å². The number of hydrogen-bond donors (Lipinski definition) is 1. The molecule has 2 unspecified atom stereocenters. The third-order valence-corrected chi connectivity index (χ3v) is 4.56. The zero-order valence-electron chi connectivity index (χ0n) is 13.2. The van der Waals surface area contributed by atoms with Crippen molar-refractivity contribution in [1.82, 2.24) is 10.3 Å². The van der Waals surface area contributed by atoms with E-state index in [0.29, 0.717) is 5.25 Å². The van der Waals surface area contributed by atoms with Gasteiger partial charge in [-0.1, -0.05) is 56.8 Å². The average molecular weight is 304 g/mol. The van der Waals surface area contributed by atoms with Gasteiger partial charge in [-0.3, -0.25) is 0 Å². The smallest absolute Gasteiger partial charge is 0.256 e. The predicted molar refractivity (Wildman–Crippen MR) is 88.8 cm³/mol. The Labute approximate surface area is 131 Å². The van der Waals surface area contributed by atoms with Gasteiger partial charge in [-0.2, -0.15) is 0 Å². The third-order valence-electron chi connectivity index (χ3n) is 3.53. The molecule has 2 atom stereocenters. The summed E-state index contributed by atoms with van der Waals surface area (Å²) < 4.78 is 5.46. The SMILES string of the molecule is CCNC(c1ccc(CC)cc1)C(C)Sc1nc(C)co1. The van der Waals surface area contributed by atoms with Crippen LogP contribution in [0.5, 0.6) is 0 Å². The molecule has 0 spiro atoms. The zero-order chi connectivity index (χ0) is 15.2. The quantitative estimate of drug-likeness (QED) is 0.771. The summed E-state index contributed by atoms with van der Waals surface area (Å²) >= 11 is 1.68. The summed E-state index contributed by atoms with van der Waals surface area (Å²) in [6.07, 6.45) is 2.78. The van der Waals surface area contributed by atoms with Crippen LogP contribution in [-0.2, 0) is 6.42 Å². The van der Waals surface area contributed by atoms with E-state index in [0.717, 1.165) is 23.9 Å². The second kappa shape index (κ2) is 7.66. The van der Waals surface area contributed by atoms with E-state index in [4.69, 9.17) is 4.42 Å². The summed E-state index contributed by atoms with van der Waals surface area (Å²) in [5.74, 6) is 0. The lowest BCUT2D eigenvalue weighted by Crippen LogP contribution is -2.28. The molecule has 0 aliphatic rings. The molecule has 0 radical (unpaired) electrons. The number of benzene rings is 1. The highest BCUT2D eigenvalue weighted by atomic mass is 32.2. The molecule has 21 heavy (non-hydrogen) atoms. The lowest BCUT2D eigenvalue weighted by atomic mass is 10.0. The summed E-state index contributed by atoms with van der Waals surface area (Å²) in [4.78, 5) is 4.38. The maximum Gasteiger partial charge on any atom is 0.256 e. The highest BCUT2D eigenvalue weighted by Crippen LogP contribution is 2.31. The summed E-state index contributed by atoms with van der Waals surface area (Å²) in [7, 11) is 0. The fourth-order valence-corrected chi connectivity index (χ4v) is 3.36. The van der Waals surface area contributed by atoms with Gasteiger partial charge in [0.25, 0.3) is 5.22 Å². The first-order valence-electron chi connectivity index (χ1n) is 7.55. The molecule has 0 saturated carbocycles. The Balaban J connectivity index is 2.12. The van der Waals surface area contributed by atoms with Crippen LogP contribution >= 0.6 is 11.8 Å². The summed E-state index contributed by atoms with van der Waals surface area (Å²) in [6.45, 7) is 9.42. The van der Waals surface area contributed by atoms with E-state index in [1.54, 1.807) is 18.0 Å². The number of aromatic nitrogens is 1. The van der Waals surface area contributed by atoms with Gasteiger partial charge in [0.1, 0.15) is 6.26 Å². The van der Waals surface area contributed by atoms with Crippen molar-refractivity contribution < 1.29 is 4.42 Å². The number of hydrogen-bond acceptors (Lipinski definition) is 4. The molecule has 1 aromatic carbocycles. The topological polar surface area (TPSA) is 38.1 Å². The number of aryl methyl sites for hydroxylation is 2. The molecule has 2 aromatic rings. The van der Waals surface area contributed by atoms with Crippen LogP contribution in [0, 0.1) is 6.92 Å². The molecule has 0 bridgehead atoms. The van der Waals surface area contributed by atoms with Gasteiger partial charge in [-0.05, 0) is 31.0 Å². The van der Waals surface area contributed by atoms with Gasteiger partial charge in [0.2, 0.25) is 0 Å². The Hall–Kier alpha value is -1.26. The Bertz CT molecular complexity index is 550. The highest BCUT2D eigenvalue weighted by molar-refractivity contribution is 7.99. The minimum atomic E-state index is 0.290. The number of nitrogens with zero attached hydrogens (tertiary/aromatic N) is 1. The maximum absolute atomic E-state index is 5.46. The van der Waals surface area contributed by atoms with E-state index in [1.165, 1.54) is 11.1 Å². The fourth-order valence-electron chi connectivity index (χ4n) is 2.35. The molecular formula is C17H24N2OS. The fraction of sp³-hybridized carbons (Fsp3) is 0.471. The van der Waals surface area contributed by atoms with Crippen LogP contribution in [0.15, 0.2) is 40.2 Å². The Kier molecular flexibility index (Phi) is 5.88. The number of rotatable bonds is 7. The molecule has 0 aliphatic heterocycles. The summed E-state index contributed by atoms with van der Waals surface area (Å²) in [6, 6.07) is 9.17. The lowest BCUT2D eigenvalue weighted by Gasteiger charge is -2.24. The van der Waals surface area contributed by atoms with Crippen LogP contribution in [0.1, 0.15) is 43.6 Å². The number of thioether (sulfide) groups is 1. The normalized spacial score (nSPS) is 14.1. The molecule has 0 saturated heterocycles. The van der Waals surface area contributed by atoms with Gasteiger partial charge in [-0.15, -0.1) is 0 Å². The maximum atomic E-state index is 5.46. The van der Waals surface area contributed by atoms with Crippen LogP contribution in [0.4, 0.5) is 0 Å². The number of oxazole rings is 1. The molecule has 1 aromatic heterocycles. The Morgan fingerprint density at radius 3 is 2.48 bits per heavy atom. The number of nitrogens with one attached hydrogen (secondary N) is 1. The minimum Gasteiger partial charge on any atom is -0.440 e. The molecule has 4 heteroatoms. The molecule has 0 fully saturated rings. The summed E-state index contributed by atoms with van der Waals surface area (Å²) in [5.41, 5.74) is 3.62. The van der Waals surface area contributed by atoms with Crippen molar-refractivity contribution in [3.8, 4) is 0 Å². The van der Waals surface area contributed by atoms with Crippen molar-refractivity contribution in [2.75, 3.05) is 6.54 Å². The van der Waals surface area contributed by atoms with Crippen molar-refractivity contribution in [1.29, 1.82) is 0 Å². The van der Waals surface area contributed by atoms with Crippen LogP contribution in [0.2, 0.25) is 0 Å². The van der Waals surface area contributed by atoms with Crippen molar-refractivity contribution in [3.63, 3.8) is 0 Å². The first-order valence-corrected chi connectivity index (χ1v) is 8.43. The molecular weight excluding hydrogens is 280 g/mol. The van der Waals surface area contributed by atoms with Crippen molar-refractivity contribution in [2.45, 2.75) is 50.6 Å². The first kappa shape index (κ1) is 16.1. The minimum absolute atomic E-state index is 0.290. The van der Waals surface area contributed by atoms with Crippen LogP contribution in [-0.4, -0.2) is 16.8 Å². The summed E-state index contributed by atoms with van der Waals surface area (Å²) in [5, 5.41) is 4.66. The predicted octanol–water partition coefficient (Wildman–Crippen LogP) is 4.38. The zero-order valence-corrected chi connectivity index (χ0v) is 14.0. The van der Waals surface area contributed by atoms with Gasteiger partial charge in [-0.25, -0.2) is 4.98 Å². The van der Waals surface area contributed by atoms with E-state index in [9.17, 15) is 0 Å². The van der Waals surface area contributed by atoms with Gasteiger partial charge >= 0.3 is 0 Å². The largest absolute Gasteiger partial charge is 0.440 e. The Morgan fingerprint density at radius 1 is 1.24 bits per heavy atom. The second-order valence-corrected chi connectivity index (χ2v) is 6.54. The van der Waals surface area contributed by atoms with Gasteiger partial charge in [0.05, 0.1) is 5.69 Å². The van der Waals surface area contributed by atoms with Crippen molar-refractivity contribution in [3.05, 3.63) is 47.3 Å². The van der Waals surface area contributed by atoms with E-state index < -0.39 is 0 Å². The molecule has 114 valence electrons. The molecule has 0 amide bonds. The van der Waals surface area contributed by atoms with Gasteiger partial charge in [0, 0.05) is 11.3 Å². The van der Waals surface area contributed by atoms with E-state index in [1.807, 2.05) is 6.92 Å². The first-order chi connectivity index (χ1) is 10.1. The van der Waals surface area contributed by atoms with E-state index in [-0.39, 0.29) is 6.04 Å². The second-order valence-electron chi connectivity index (χ2n) is 5.21. The molecule has 3 nitrogen and oxygen atoms in total. The molecule has 1 N–H and O–H groups in total. The molecule has 0 aliphatic carbocycles. The van der Waals surface area contributed by atoms with Crippen molar-refractivity contribution in [2.24, 2.45) is 0 Å². The molecule has 1 heterocycles. The van der Waals surface area contributed by atoms with Gasteiger partial charge < -0.3 is 9.73 Å². The van der Waals surface area contributed by atoms with E-state index >= 15 is 0 Å². The monoisotopic (exact) mass is 304 g/mol. The Morgan fingerprint density at radius 2 is 1.95 bits per heavy atom. The highest BCUT2D eigenvalue weighted by Gasteiger charge is 2.21. The van der Waals surface area contributed by atoms with Crippen LogP contribution in [0.3, 0.4) is 0 Å². The van der Waals surface area contributed by atoms with Crippen LogP contribution < -0.4 is 5.32 Å².